The van der Waals surface area contributed by atoms with E-state index in [2.05, 4.69) is 5.32 Å². The number of carbonyl (C=O) groups is 2. The smallest absolute Gasteiger partial charge is 0.306 e. The molecule has 100 valence electrons. The first-order valence-electron chi connectivity index (χ1n) is 6.17. The molecular weight excluding hydrogens is 220 g/mol. The van der Waals surface area contributed by atoms with Gasteiger partial charge in [-0.05, 0) is 25.7 Å². The summed E-state index contributed by atoms with van der Waals surface area (Å²) in [5, 5.41) is 11.5. The summed E-state index contributed by atoms with van der Waals surface area (Å²) in [5.74, 6) is -1.32. The van der Waals surface area contributed by atoms with Crippen molar-refractivity contribution in [2.24, 2.45) is 11.7 Å². The summed E-state index contributed by atoms with van der Waals surface area (Å²) in [6.45, 7) is 5.91. The minimum absolute atomic E-state index is 0.148. The van der Waals surface area contributed by atoms with Crippen molar-refractivity contribution in [3.05, 3.63) is 0 Å². The van der Waals surface area contributed by atoms with Gasteiger partial charge in [-0.25, -0.2) is 0 Å². The predicted molar refractivity (Wildman–Crippen MR) is 66.5 cm³/mol. The molecule has 0 rings (SSSR count). The molecule has 0 aromatic heterocycles. The second-order valence-corrected chi connectivity index (χ2v) is 4.50. The number of hydrogen-bond acceptors (Lipinski definition) is 3. The molecule has 0 spiro atoms. The molecule has 1 unspecified atom stereocenters. The van der Waals surface area contributed by atoms with Gasteiger partial charge in [0.1, 0.15) is 0 Å². The van der Waals surface area contributed by atoms with Gasteiger partial charge in [-0.2, -0.15) is 0 Å². The third kappa shape index (κ3) is 5.17. The van der Waals surface area contributed by atoms with Crippen LogP contribution in [-0.4, -0.2) is 29.1 Å². The fourth-order valence-electron chi connectivity index (χ4n) is 1.48. The van der Waals surface area contributed by atoms with Crippen LogP contribution in [-0.2, 0) is 9.59 Å². The molecule has 0 aromatic carbocycles. The van der Waals surface area contributed by atoms with E-state index in [9.17, 15) is 9.59 Å². The Morgan fingerprint density at radius 3 is 2.29 bits per heavy atom. The molecule has 0 saturated carbocycles. The fourth-order valence-corrected chi connectivity index (χ4v) is 1.48. The van der Waals surface area contributed by atoms with Gasteiger partial charge < -0.3 is 16.2 Å². The van der Waals surface area contributed by atoms with Crippen LogP contribution in [0.15, 0.2) is 0 Å². The topological polar surface area (TPSA) is 92.4 Å². The van der Waals surface area contributed by atoms with E-state index in [-0.39, 0.29) is 11.8 Å². The molecule has 0 aromatic rings. The second-order valence-electron chi connectivity index (χ2n) is 4.50. The molecule has 0 aliphatic rings. The van der Waals surface area contributed by atoms with Crippen LogP contribution in [0.25, 0.3) is 0 Å². The summed E-state index contributed by atoms with van der Waals surface area (Å²) in [6, 6.07) is 0. The van der Waals surface area contributed by atoms with Gasteiger partial charge in [-0.15, -0.1) is 0 Å². The third-order valence-corrected chi connectivity index (χ3v) is 3.24. The summed E-state index contributed by atoms with van der Waals surface area (Å²) in [5.41, 5.74) is 5.13. The van der Waals surface area contributed by atoms with Gasteiger partial charge in [0, 0.05) is 6.54 Å². The van der Waals surface area contributed by atoms with Crippen LogP contribution in [0.5, 0.6) is 0 Å². The number of carbonyl (C=O) groups excluding carboxylic acids is 1. The molecular formula is C12H24N2O3. The van der Waals surface area contributed by atoms with E-state index in [1.54, 1.807) is 6.92 Å². The van der Waals surface area contributed by atoms with E-state index in [0.717, 1.165) is 0 Å². The Morgan fingerprint density at radius 2 is 1.88 bits per heavy atom. The zero-order valence-electron chi connectivity index (χ0n) is 11.0. The lowest BCUT2D eigenvalue weighted by atomic mass is 9.93. The van der Waals surface area contributed by atoms with Crippen molar-refractivity contribution >= 4 is 11.9 Å². The van der Waals surface area contributed by atoms with Crippen LogP contribution in [0, 0.1) is 5.92 Å². The third-order valence-electron chi connectivity index (χ3n) is 3.24. The molecule has 0 bridgehead atoms. The number of aliphatic carboxylic acids is 1. The molecule has 1 atom stereocenters. The number of hydrogen-bond donors (Lipinski definition) is 3. The van der Waals surface area contributed by atoms with E-state index < -0.39 is 11.5 Å². The molecule has 17 heavy (non-hydrogen) atoms. The normalized spacial score (nSPS) is 13.2. The van der Waals surface area contributed by atoms with Crippen molar-refractivity contribution in [1.82, 2.24) is 5.32 Å². The zero-order valence-corrected chi connectivity index (χ0v) is 11.0. The van der Waals surface area contributed by atoms with E-state index in [0.29, 0.717) is 32.2 Å². The Kier molecular flexibility index (Phi) is 6.80. The van der Waals surface area contributed by atoms with Crippen LogP contribution < -0.4 is 11.1 Å². The Balaban J connectivity index is 3.90. The number of rotatable bonds is 8. The molecule has 0 aliphatic carbocycles. The van der Waals surface area contributed by atoms with Crippen molar-refractivity contribution < 1.29 is 14.7 Å². The van der Waals surface area contributed by atoms with Crippen molar-refractivity contribution in [3.63, 3.8) is 0 Å². The summed E-state index contributed by atoms with van der Waals surface area (Å²) in [7, 11) is 0. The maximum atomic E-state index is 11.8. The van der Waals surface area contributed by atoms with Crippen LogP contribution in [0.4, 0.5) is 0 Å². The minimum atomic E-state index is -0.799. The highest BCUT2D eigenvalue weighted by Crippen LogP contribution is 2.11. The number of carboxylic acids is 1. The SMILES string of the molecule is CCC(N)(CC)C(=O)NCCCC(C)C(=O)O. The summed E-state index contributed by atoms with van der Waals surface area (Å²) in [4.78, 5) is 22.3. The first kappa shape index (κ1) is 15.9. The largest absolute Gasteiger partial charge is 0.481 e. The lowest BCUT2D eigenvalue weighted by Gasteiger charge is -2.25. The van der Waals surface area contributed by atoms with E-state index in [1.807, 2.05) is 13.8 Å². The number of amides is 1. The molecule has 1 amide bonds. The van der Waals surface area contributed by atoms with Gasteiger partial charge in [-0.3, -0.25) is 9.59 Å². The fraction of sp³-hybridized carbons (Fsp3) is 0.833. The van der Waals surface area contributed by atoms with Gasteiger partial charge in [-0.1, -0.05) is 20.8 Å². The first-order valence-corrected chi connectivity index (χ1v) is 6.17. The van der Waals surface area contributed by atoms with Crippen molar-refractivity contribution in [2.45, 2.75) is 52.0 Å². The Hall–Kier alpha value is -1.10. The summed E-state index contributed by atoms with van der Waals surface area (Å²) in [6.07, 6.45) is 2.41. The highest BCUT2D eigenvalue weighted by atomic mass is 16.4. The van der Waals surface area contributed by atoms with Crippen molar-refractivity contribution in [2.75, 3.05) is 6.54 Å². The molecule has 4 N–H and O–H groups in total. The molecule has 0 heterocycles. The average Bonchev–Trinajstić information content (AvgIpc) is 2.32. The standard InChI is InChI=1S/C12H24N2O3/c1-4-12(13,5-2)11(17)14-8-6-7-9(3)10(15)16/h9H,4-8,13H2,1-3H3,(H,14,17)(H,15,16). The number of carboxylic acid groups (broad SMARTS) is 1. The van der Waals surface area contributed by atoms with Gasteiger partial charge >= 0.3 is 5.97 Å². The maximum Gasteiger partial charge on any atom is 0.306 e. The van der Waals surface area contributed by atoms with Crippen LogP contribution in [0.3, 0.4) is 0 Å². The highest BCUT2D eigenvalue weighted by molar-refractivity contribution is 5.85. The van der Waals surface area contributed by atoms with E-state index in [1.165, 1.54) is 0 Å². The molecule has 0 saturated heterocycles. The van der Waals surface area contributed by atoms with Gasteiger partial charge in [0.15, 0.2) is 0 Å². The zero-order chi connectivity index (χ0) is 13.5. The maximum absolute atomic E-state index is 11.8. The van der Waals surface area contributed by atoms with Crippen LogP contribution in [0.1, 0.15) is 46.5 Å². The summed E-state index contributed by atoms with van der Waals surface area (Å²) >= 11 is 0. The van der Waals surface area contributed by atoms with Crippen LogP contribution in [0.2, 0.25) is 0 Å². The molecule has 5 nitrogen and oxygen atoms in total. The lowest BCUT2D eigenvalue weighted by Crippen LogP contribution is -2.53. The Morgan fingerprint density at radius 1 is 1.35 bits per heavy atom. The highest BCUT2D eigenvalue weighted by Gasteiger charge is 2.29. The first-order chi connectivity index (χ1) is 7.87. The Labute approximate surface area is 103 Å². The molecule has 0 fully saturated rings. The molecule has 5 heteroatoms. The molecule has 0 radical (unpaired) electrons. The monoisotopic (exact) mass is 244 g/mol. The van der Waals surface area contributed by atoms with E-state index in [4.69, 9.17) is 10.8 Å². The van der Waals surface area contributed by atoms with Gasteiger partial charge in [0.25, 0.3) is 0 Å². The van der Waals surface area contributed by atoms with Crippen LogP contribution >= 0.6 is 0 Å². The quantitative estimate of drug-likeness (QED) is 0.558. The molecule has 0 aliphatic heterocycles. The van der Waals surface area contributed by atoms with Gasteiger partial charge in [0.05, 0.1) is 11.5 Å². The number of nitrogens with two attached hydrogens (primary N) is 1. The minimum Gasteiger partial charge on any atom is -0.481 e. The van der Waals surface area contributed by atoms with Gasteiger partial charge in [0.2, 0.25) is 5.91 Å². The second kappa shape index (κ2) is 7.27. The predicted octanol–water partition coefficient (Wildman–Crippen LogP) is 1.12. The Bertz CT molecular complexity index is 262. The van der Waals surface area contributed by atoms with Crippen molar-refractivity contribution in [1.29, 1.82) is 0 Å². The van der Waals surface area contributed by atoms with E-state index >= 15 is 0 Å². The lowest BCUT2D eigenvalue weighted by molar-refractivity contribution is -0.141. The summed E-state index contributed by atoms with van der Waals surface area (Å²) < 4.78 is 0. The number of nitrogens with one attached hydrogen (secondary N) is 1. The van der Waals surface area contributed by atoms with Crippen molar-refractivity contribution in [3.8, 4) is 0 Å². The average molecular weight is 244 g/mol.